The second kappa shape index (κ2) is 4.63. The molecule has 16 heavy (non-hydrogen) atoms. The van der Waals surface area contributed by atoms with Crippen LogP contribution in [0.2, 0.25) is 0 Å². The van der Waals surface area contributed by atoms with Crippen molar-refractivity contribution in [1.82, 2.24) is 0 Å². The first-order chi connectivity index (χ1) is 7.27. The highest BCUT2D eigenvalue weighted by Gasteiger charge is 2.22. The minimum atomic E-state index is -4.10. The summed E-state index contributed by atoms with van der Waals surface area (Å²) < 4.78 is 22.1. The van der Waals surface area contributed by atoms with E-state index >= 15 is 0 Å². The molecule has 1 aromatic rings. The number of carbonyl (C=O) groups is 1. The van der Waals surface area contributed by atoms with Crippen molar-refractivity contribution in [1.29, 1.82) is 0 Å². The van der Waals surface area contributed by atoms with Gasteiger partial charge in [0.15, 0.2) is 6.29 Å². The third kappa shape index (κ3) is 2.68. The topological polar surface area (TPSA) is 94.3 Å². The molecule has 0 spiro atoms. The van der Waals surface area contributed by atoms with Crippen LogP contribution in [0, 0.1) is 13.7 Å². The van der Waals surface area contributed by atoms with Crippen molar-refractivity contribution in [2.24, 2.45) is 0 Å². The summed E-state index contributed by atoms with van der Waals surface area (Å²) in [6, 6.07) is 1.81. The lowest BCUT2D eigenvalue weighted by atomic mass is 10.2. The molecule has 6 nitrogen and oxygen atoms in total. The van der Waals surface area contributed by atoms with Crippen molar-refractivity contribution < 1.29 is 18.1 Å². The molecular weight excluding hydrogens is 373 g/mol. The highest BCUT2D eigenvalue weighted by Crippen LogP contribution is 2.28. The van der Waals surface area contributed by atoms with Crippen LogP contribution in [-0.2, 0) is 9.05 Å². The van der Waals surface area contributed by atoms with Crippen molar-refractivity contribution in [3.63, 3.8) is 0 Å². The summed E-state index contributed by atoms with van der Waals surface area (Å²) in [4.78, 5) is 20.0. The molecular formula is C7H3ClINO5S. The molecule has 0 bridgehead atoms. The normalized spacial score (nSPS) is 11.1. The van der Waals surface area contributed by atoms with Gasteiger partial charge in [0.1, 0.15) is 3.57 Å². The van der Waals surface area contributed by atoms with Crippen molar-refractivity contribution in [3.8, 4) is 0 Å². The van der Waals surface area contributed by atoms with Crippen LogP contribution in [-0.4, -0.2) is 19.6 Å². The Balaban J connectivity index is 3.66. The molecule has 0 saturated heterocycles. The predicted octanol–water partition coefficient (Wildman–Crippen LogP) is 1.94. The second-order valence-electron chi connectivity index (χ2n) is 2.66. The standard InChI is InChI=1S/C7H3ClINO5S/c8-16(14,15)5-1-4(3-11)7(9)6(2-5)10(12)13/h1-3H. The van der Waals surface area contributed by atoms with Gasteiger partial charge in [0.25, 0.3) is 14.7 Å². The zero-order valence-electron chi connectivity index (χ0n) is 7.38. The van der Waals surface area contributed by atoms with Gasteiger partial charge in [-0.15, -0.1) is 0 Å². The molecule has 0 heterocycles. The van der Waals surface area contributed by atoms with E-state index in [0.29, 0.717) is 6.29 Å². The lowest BCUT2D eigenvalue weighted by molar-refractivity contribution is -0.386. The second-order valence-corrected chi connectivity index (χ2v) is 6.30. The minimum Gasteiger partial charge on any atom is -0.298 e. The molecule has 86 valence electrons. The highest BCUT2D eigenvalue weighted by molar-refractivity contribution is 14.1. The number of nitro benzene ring substituents is 1. The number of nitro groups is 1. The van der Waals surface area contributed by atoms with E-state index < -0.39 is 24.6 Å². The monoisotopic (exact) mass is 375 g/mol. The van der Waals surface area contributed by atoms with Gasteiger partial charge in [-0.25, -0.2) is 8.42 Å². The number of hydrogen-bond acceptors (Lipinski definition) is 5. The smallest absolute Gasteiger partial charge is 0.284 e. The van der Waals surface area contributed by atoms with Gasteiger partial charge in [-0.05, 0) is 28.7 Å². The van der Waals surface area contributed by atoms with E-state index in [1.54, 1.807) is 22.6 Å². The molecule has 0 unspecified atom stereocenters. The summed E-state index contributed by atoms with van der Waals surface area (Å²) in [6.07, 6.45) is 0.334. The number of aldehydes is 1. The Morgan fingerprint density at radius 2 is 2.00 bits per heavy atom. The number of benzene rings is 1. The fraction of sp³-hybridized carbons (Fsp3) is 0. The van der Waals surface area contributed by atoms with Crippen LogP contribution in [0.5, 0.6) is 0 Å². The molecule has 9 heteroatoms. The quantitative estimate of drug-likeness (QED) is 0.264. The van der Waals surface area contributed by atoms with Crippen molar-refractivity contribution in [2.45, 2.75) is 4.90 Å². The van der Waals surface area contributed by atoms with Gasteiger partial charge in [0.2, 0.25) is 0 Å². The average Bonchev–Trinajstić information content (AvgIpc) is 2.15. The van der Waals surface area contributed by atoms with Crippen LogP contribution in [0.4, 0.5) is 5.69 Å². The Hall–Kier alpha value is -0.740. The van der Waals surface area contributed by atoms with E-state index in [9.17, 15) is 23.3 Å². The van der Waals surface area contributed by atoms with Crippen LogP contribution in [0.1, 0.15) is 10.4 Å². The molecule has 0 aliphatic rings. The molecule has 0 atom stereocenters. The van der Waals surface area contributed by atoms with Crippen LogP contribution in [0.3, 0.4) is 0 Å². The van der Waals surface area contributed by atoms with Gasteiger partial charge in [-0.1, -0.05) is 0 Å². The molecule has 0 fully saturated rings. The van der Waals surface area contributed by atoms with Crippen LogP contribution >= 0.6 is 33.3 Å². The fourth-order valence-corrected chi connectivity index (χ4v) is 2.39. The summed E-state index contributed by atoms with van der Waals surface area (Å²) in [7, 11) is 0.945. The predicted molar refractivity (Wildman–Crippen MR) is 64.2 cm³/mol. The first kappa shape index (κ1) is 13.3. The summed E-state index contributed by atoms with van der Waals surface area (Å²) >= 11 is 1.59. The Morgan fingerprint density at radius 1 is 1.44 bits per heavy atom. The molecule has 1 rings (SSSR count). The van der Waals surface area contributed by atoms with Gasteiger partial charge in [0, 0.05) is 22.3 Å². The van der Waals surface area contributed by atoms with Gasteiger partial charge < -0.3 is 0 Å². The molecule has 1 aromatic carbocycles. The van der Waals surface area contributed by atoms with E-state index in [1.807, 2.05) is 0 Å². The van der Waals surface area contributed by atoms with E-state index in [0.717, 1.165) is 12.1 Å². The van der Waals surface area contributed by atoms with Crippen molar-refractivity contribution in [3.05, 3.63) is 31.4 Å². The summed E-state index contributed by atoms with van der Waals surface area (Å²) in [5.74, 6) is 0. The summed E-state index contributed by atoms with van der Waals surface area (Å²) in [6.45, 7) is 0. The van der Waals surface area contributed by atoms with Gasteiger partial charge in [-0.2, -0.15) is 0 Å². The molecule has 0 amide bonds. The molecule has 0 aliphatic heterocycles. The fourth-order valence-electron chi connectivity index (χ4n) is 0.964. The number of nitrogens with zero attached hydrogens (tertiary/aromatic N) is 1. The maximum absolute atomic E-state index is 11.0. The maximum Gasteiger partial charge on any atom is 0.284 e. The molecule has 0 aliphatic carbocycles. The van der Waals surface area contributed by atoms with Crippen LogP contribution in [0.25, 0.3) is 0 Å². The van der Waals surface area contributed by atoms with Crippen molar-refractivity contribution >= 4 is 54.3 Å². The number of halogens is 2. The maximum atomic E-state index is 11.0. The van der Waals surface area contributed by atoms with Gasteiger partial charge in [0.05, 0.1) is 9.82 Å². The number of hydrogen-bond donors (Lipinski definition) is 0. The molecule has 0 radical (unpaired) electrons. The molecule has 0 saturated carbocycles. The lowest BCUT2D eigenvalue weighted by Gasteiger charge is -2.01. The first-order valence-electron chi connectivity index (χ1n) is 3.65. The molecule has 0 N–H and O–H groups in total. The average molecular weight is 376 g/mol. The Morgan fingerprint density at radius 3 is 2.38 bits per heavy atom. The zero-order chi connectivity index (χ0) is 12.5. The SMILES string of the molecule is O=Cc1cc(S(=O)(=O)Cl)cc([N+](=O)[O-])c1I. The third-order valence-corrected chi connectivity index (χ3v) is 4.17. The van der Waals surface area contributed by atoms with E-state index in [-0.39, 0.29) is 9.13 Å². The Bertz CT molecular complexity index is 570. The Kier molecular flexibility index (Phi) is 3.86. The summed E-state index contributed by atoms with van der Waals surface area (Å²) in [5, 5.41) is 10.6. The minimum absolute atomic E-state index is 0.0710. The van der Waals surface area contributed by atoms with Gasteiger partial charge >= 0.3 is 0 Å². The van der Waals surface area contributed by atoms with E-state index in [4.69, 9.17) is 10.7 Å². The molecule has 0 aromatic heterocycles. The highest BCUT2D eigenvalue weighted by atomic mass is 127. The number of rotatable bonds is 3. The van der Waals surface area contributed by atoms with E-state index in [2.05, 4.69) is 0 Å². The Labute approximate surface area is 108 Å². The van der Waals surface area contributed by atoms with Crippen LogP contribution < -0.4 is 0 Å². The zero-order valence-corrected chi connectivity index (χ0v) is 11.1. The lowest BCUT2D eigenvalue weighted by Crippen LogP contribution is -2.00. The third-order valence-electron chi connectivity index (χ3n) is 1.66. The largest absolute Gasteiger partial charge is 0.298 e. The first-order valence-corrected chi connectivity index (χ1v) is 7.04. The van der Waals surface area contributed by atoms with Crippen molar-refractivity contribution in [2.75, 3.05) is 0 Å². The van der Waals surface area contributed by atoms with E-state index in [1.165, 1.54) is 0 Å². The summed E-state index contributed by atoms with van der Waals surface area (Å²) in [5.41, 5.74) is -0.557. The van der Waals surface area contributed by atoms with Gasteiger partial charge in [-0.3, -0.25) is 14.9 Å². The van der Waals surface area contributed by atoms with Crippen LogP contribution in [0.15, 0.2) is 17.0 Å². The number of carbonyl (C=O) groups excluding carboxylic acids is 1.